The number of nitrogens with one attached hydrogen (secondary N) is 2. The maximum atomic E-state index is 12.3. The van der Waals surface area contributed by atoms with Gasteiger partial charge in [-0.05, 0) is 63.3 Å². The van der Waals surface area contributed by atoms with Gasteiger partial charge in [-0.2, -0.15) is 0 Å². The van der Waals surface area contributed by atoms with Crippen molar-refractivity contribution in [1.82, 2.24) is 10.0 Å². The van der Waals surface area contributed by atoms with E-state index in [1.807, 2.05) is 13.8 Å². The second kappa shape index (κ2) is 8.09. The predicted octanol–water partition coefficient (Wildman–Crippen LogP) is 1.76. The minimum absolute atomic E-state index is 0.129. The Bertz CT molecular complexity index is 650. The Labute approximate surface area is 144 Å². The Morgan fingerprint density at radius 3 is 2.33 bits per heavy atom. The van der Waals surface area contributed by atoms with E-state index in [2.05, 4.69) is 10.0 Å². The molecule has 24 heavy (non-hydrogen) atoms. The van der Waals surface area contributed by atoms with Crippen molar-refractivity contribution in [1.29, 1.82) is 0 Å². The first-order valence-electron chi connectivity index (χ1n) is 8.50. The second-order valence-electron chi connectivity index (χ2n) is 6.54. The molecule has 1 unspecified atom stereocenters. The molecule has 4 N–H and O–H groups in total. The largest absolute Gasteiger partial charge is 0.349 e. The molecule has 2 rings (SSSR count). The van der Waals surface area contributed by atoms with E-state index in [4.69, 9.17) is 5.73 Å². The van der Waals surface area contributed by atoms with Gasteiger partial charge in [-0.15, -0.1) is 0 Å². The van der Waals surface area contributed by atoms with Crippen molar-refractivity contribution in [2.45, 2.75) is 69.0 Å². The molecule has 1 amide bonds. The van der Waals surface area contributed by atoms with Gasteiger partial charge in [-0.3, -0.25) is 4.79 Å². The lowest BCUT2D eigenvalue weighted by molar-refractivity contribution is 0.0925. The van der Waals surface area contributed by atoms with Crippen LogP contribution in [0.15, 0.2) is 29.2 Å². The molecule has 6 nitrogen and oxygen atoms in total. The van der Waals surface area contributed by atoms with Gasteiger partial charge in [-0.25, -0.2) is 13.1 Å². The third-order valence-electron chi connectivity index (χ3n) is 4.50. The number of rotatable bonds is 6. The topological polar surface area (TPSA) is 101 Å². The third-order valence-corrected chi connectivity index (χ3v) is 6.11. The fourth-order valence-corrected chi connectivity index (χ4v) is 4.06. The standard InChI is InChI=1S/C17H27N3O3S/c1-3-12(2)20-24(22,23)16-10-4-13(5-11-16)17(21)19-15-8-6-14(18)7-9-15/h4-5,10-12,14-15,20H,3,6-9,18H2,1-2H3,(H,19,21). The molecule has 0 saturated heterocycles. The number of carbonyl (C=O) groups excluding carboxylic acids is 1. The molecule has 0 aromatic heterocycles. The highest BCUT2D eigenvalue weighted by molar-refractivity contribution is 7.89. The Kier molecular flexibility index (Phi) is 6.37. The first-order valence-corrected chi connectivity index (χ1v) is 9.99. The number of carbonyl (C=O) groups is 1. The van der Waals surface area contributed by atoms with Crippen molar-refractivity contribution in [2.24, 2.45) is 5.73 Å². The van der Waals surface area contributed by atoms with Crippen LogP contribution in [-0.2, 0) is 10.0 Å². The molecule has 1 aliphatic rings. The third kappa shape index (κ3) is 5.03. The minimum atomic E-state index is -3.54. The monoisotopic (exact) mass is 353 g/mol. The molecule has 1 aromatic carbocycles. The molecule has 1 aromatic rings. The lowest BCUT2D eigenvalue weighted by Gasteiger charge is -2.26. The highest BCUT2D eigenvalue weighted by Gasteiger charge is 2.21. The summed E-state index contributed by atoms with van der Waals surface area (Å²) in [6.07, 6.45) is 4.33. The quantitative estimate of drug-likeness (QED) is 0.725. The molecule has 0 bridgehead atoms. The van der Waals surface area contributed by atoms with E-state index in [-0.39, 0.29) is 28.9 Å². The molecule has 1 fully saturated rings. The normalized spacial score (nSPS) is 22.8. The molecule has 1 atom stereocenters. The Hall–Kier alpha value is -1.44. The number of benzene rings is 1. The molecule has 0 heterocycles. The van der Waals surface area contributed by atoms with Gasteiger partial charge in [0.25, 0.3) is 5.91 Å². The van der Waals surface area contributed by atoms with E-state index in [1.54, 1.807) is 12.1 Å². The number of nitrogens with two attached hydrogens (primary N) is 1. The van der Waals surface area contributed by atoms with Gasteiger partial charge in [-0.1, -0.05) is 6.92 Å². The van der Waals surface area contributed by atoms with Gasteiger partial charge in [0.1, 0.15) is 0 Å². The summed E-state index contributed by atoms with van der Waals surface area (Å²) in [6, 6.07) is 6.29. The zero-order valence-electron chi connectivity index (χ0n) is 14.3. The molecule has 7 heteroatoms. The first kappa shape index (κ1) is 18.9. The van der Waals surface area contributed by atoms with Crippen LogP contribution in [0.25, 0.3) is 0 Å². The highest BCUT2D eigenvalue weighted by Crippen LogP contribution is 2.18. The van der Waals surface area contributed by atoms with Gasteiger partial charge >= 0.3 is 0 Å². The fourth-order valence-electron chi connectivity index (χ4n) is 2.73. The summed E-state index contributed by atoms with van der Waals surface area (Å²) in [4.78, 5) is 12.4. The van der Waals surface area contributed by atoms with Gasteiger partial charge in [0.15, 0.2) is 0 Å². The van der Waals surface area contributed by atoms with E-state index < -0.39 is 10.0 Å². The average Bonchev–Trinajstić information content (AvgIpc) is 2.56. The zero-order valence-corrected chi connectivity index (χ0v) is 15.1. The molecule has 0 aliphatic heterocycles. The number of hydrogen-bond donors (Lipinski definition) is 3. The Morgan fingerprint density at radius 2 is 1.79 bits per heavy atom. The van der Waals surface area contributed by atoms with Crippen LogP contribution >= 0.6 is 0 Å². The van der Waals surface area contributed by atoms with Gasteiger partial charge < -0.3 is 11.1 Å². The van der Waals surface area contributed by atoms with Crippen LogP contribution in [-0.4, -0.2) is 32.5 Å². The van der Waals surface area contributed by atoms with Gasteiger partial charge in [0.2, 0.25) is 10.0 Å². The van der Waals surface area contributed by atoms with Crippen molar-refractivity contribution >= 4 is 15.9 Å². The highest BCUT2D eigenvalue weighted by atomic mass is 32.2. The van der Waals surface area contributed by atoms with Crippen LogP contribution in [0.3, 0.4) is 0 Å². The Balaban J connectivity index is 1.99. The van der Waals surface area contributed by atoms with Crippen molar-refractivity contribution in [3.63, 3.8) is 0 Å². The second-order valence-corrected chi connectivity index (χ2v) is 8.25. The summed E-state index contributed by atoms with van der Waals surface area (Å²) in [6.45, 7) is 3.73. The molecule has 1 saturated carbocycles. The van der Waals surface area contributed by atoms with E-state index in [0.29, 0.717) is 12.0 Å². The van der Waals surface area contributed by atoms with E-state index in [9.17, 15) is 13.2 Å². The summed E-state index contributed by atoms with van der Waals surface area (Å²) in [5, 5.41) is 3.00. The van der Waals surface area contributed by atoms with Gasteiger partial charge in [0, 0.05) is 23.7 Å². The number of sulfonamides is 1. The lowest BCUT2D eigenvalue weighted by Crippen LogP contribution is -2.40. The van der Waals surface area contributed by atoms with Crippen LogP contribution in [0.1, 0.15) is 56.3 Å². The molecule has 1 aliphatic carbocycles. The summed E-state index contributed by atoms with van der Waals surface area (Å²) in [5.74, 6) is -0.172. The maximum Gasteiger partial charge on any atom is 0.251 e. The summed E-state index contributed by atoms with van der Waals surface area (Å²) >= 11 is 0. The lowest BCUT2D eigenvalue weighted by atomic mass is 9.91. The van der Waals surface area contributed by atoms with Crippen LogP contribution in [0.5, 0.6) is 0 Å². The summed E-state index contributed by atoms with van der Waals surface area (Å²) < 4.78 is 27.0. The van der Waals surface area contributed by atoms with Crippen molar-refractivity contribution in [2.75, 3.05) is 0 Å². The first-order chi connectivity index (χ1) is 11.3. The summed E-state index contributed by atoms with van der Waals surface area (Å²) in [7, 11) is -3.54. The van der Waals surface area contributed by atoms with Crippen molar-refractivity contribution in [3.8, 4) is 0 Å². The molecule has 0 radical (unpaired) electrons. The SMILES string of the molecule is CCC(C)NS(=O)(=O)c1ccc(C(=O)NC2CCC(N)CC2)cc1. The molecular weight excluding hydrogens is 326 g/mol. The number of amides is 1. The smallest absolute Gasteiger partial charge is 0.251 e. The van der Waals surface area contributed by atoms with Crippen LogP contribution in [0.2, 0.25) is 0 Å². The van der Waals surface area contributed by atoms with E-state index >= 15 is 0 Å². The molecular formula is C17H27N3O3S. The van der Waals surface area contributed by atoms with Crippen LogP contribution in [0, 0.1) is 0 Å². The zero-order chi connectivity index (χ0) is 17.7. The van der Waals surface area contributed by atoms with Gasteiger partial charge in [0.05, 0.1) is 4.90 Å². The minimum Gasteiger partial charge on any atom is -0.349 e. The van der Waals surface area contributed by atoms with Crippen molar-refractivity contribution < 1.29 is 13.2 Å². The van der Waals surface area contributed by atoms with Crippen molar-refractivity contribution in [3.05, 3.63) is 29.8 Å². The summed E-state index contributed by atoms with van der Waals surface area (Å²) in [5.41, 5.74) is 6.33. The predicted molar refractivity (Wildman–Crippen MR) is 94.2 cm³/mol. The van der Waals surface area contributed by atoms with Crippen LogP contribution in [0.4, 0.5) is 0 Å². The molecule has 0 spiro atoms. The van der Waals surface area contributed by atoms with Crippen LogP contribution < -0.4 is 15.8 Å². The van der Waals surface area contributed by atoms with E-state index in [0.717, 1.165) is 25.7 Å². The number of hydrogen-bond acceptors (Lipinski definition) is 4. The fraction of sp³-hybridized carbons (Fsp3) is 0.588. The Morgan fingerprint density at radius 1 is 1.21 bits per heavy atom. The maximum absolute atomic E-state index is 12.3. The average molecular weight is 353 g/mol. The molecule has 134 valence electrons. The van der Waals surface area contributed by atoms with E-state index in [1.165, 1.54) is 12.1 Å².